The Morgan fingerprint density at radius 1 is 1.45 bits per heavy atom. The summed E-state index contributed by atoms with van der Waals surface area (Å²) in [5.74, 6) is 1.66. The molecule has 2 heterocycles. The molecule has 22 heavy (non-hydrogen) atoms. The molecule has 0 bridgehead atoms. The summed E-state index contributed by atoms with van der Waals surface area (Å²) in [5.41, 5.74) is 2.79. The number of nitrogens with zero attached hydrogens (tertiary/aromatic N) is 1. The maximum atomic E-state index is 5.90. The van der Waals surface area contributed by atoms with Crippen LogP contribution in [0.25, 0.3) is 0 Å². The fourth-order valence-electron chi connectivity index (χ4n) is 3.55. The third-order valence-electron chi connectivity index (χ3n) is 4.81. The van der Waals surface area contributed by atoms with E-state index in [1.807, 2.05) is 5.41 Å². The molecule has 1 fully saturated rings. The summed E-state index contributed by atoms with van der Waals surface area (Å²) in [4.78, 5) is 2.51. The number of thioether (sulfide) groups is 1. The molecule has 0 saturated carbocycles. The van der Waals surface area contributed by atoms with Crippen LogP contribution < -0.4 is 4.74 Å². The van der Waals surface area contributed by atoms with Gasteiger partial charge in [-0.05, 0) is 61.7 Å². The second-order valence-corrected chi connectivity index (χ2v) is 7.15. The number of rotatable bonds is 6. The molecule has 118 valence electrons. The standard InChI is InChI=1S/C19H25NOS/c1-3-22-11-5-6-15-8-9-19-18(12-15)16(14-21-19)13-17-7-4-10-20(17)2/h3,5,8-9,11-12,16-17H,1,4,6-7,10,13-14H2,2H3/b11-5-/t16-,17-/m1/s1. The summed E-state index contributed by atoms with van der Waals surface area (Å²) >= 11 is 1.63. The number of benzene rings is 1. The van der Waals surface area contributed by atoms with Crippen molar-refractivity contribution in [3.8, 4) is 5.75 Å². The lowest BCUT2D eigenvalue weighted by Gasteiger charge is -2.22. The minimum atomic E-state index is 0.562. The van der Waals surface area contributed by atoms with E-state index in [1.54, 1.807) is 11.8 Å². The summed E-state index contributed by atoms with van der Waals surface area (Å²) in [6, 6.07) is 7.42. The van der Waals surface area contributed by atoms with Gasteiger partial charge in [0, 0.05) is 17.5 Å². The maximum Gasteiger partial charge on any atom is 0.122 e. The van der Waals surface area contributed by atoms with Crippen molar-refractivity contribution in [1.29, 1.82) is 0 Å². The number of allylic oxidation sites excluding steroid dienone is 1. The average molecular weight is 315 g/mol. The first kappa shape index (κ1) is 15.7. The minimum Gasteiger partial charge on any atom is -0.493 e. The Morgan fingerprint density at radius 2 is 2.36 bits per heavy atom. The molecule has 0 radical (unpaired) electrons. The first-order valence-corrected chi connectivity index (χ1v) is 9.09. The highest BCUT2D eigenvalue weighted by Gasteiger charge is 2.30. The second kappa shape index (κ2) is 7.38. The number of hydrogen-bond acceptors (Lipinski definition) is 3. The van der Waals surface area contributed by atoms with Crippen LogP contribution in [0.1, 0.15) is 36.3 Å². The smallest absolute Gasteiger partial charge is 0.122 e. The average Bonchev–Trinajstić information content (AvgIpc) is 3.11. The van der Waals surface area contributed by atoms with Gasteiger partial charge < -0.3 is 9.64 Å². The van der Waals surface area contributed by atoms with Crippen molar-refractivity contribution in [3.63, 3.8) is 0 Å². The number of ether oxygens (including phenoxy) is 1. The summed E-state index contributed by atoms with van der Waals surface area (Å²) in [6.45, 7) is 5.81. The molecule has 1 aromatic rings. The number of hydrogen-bond donors (Lipinski definition) is 0. The van der Waals surface area contributed by atoms with Crippen LogP contribution in [0.5, 0.6) is 5.75 Å². The van der Waals surface area contributed by atoms with Gasteiger partial charge in [-0.25, -0.2) is 0 Å². The van der Waals surface area contributed by atoms with Gasteiger partial charge in [-0.3, -0.25) is 0 Å². The molecule has 1 aromatic carbocycles. The highest BCUT2D eigenvalue weighted by Crippen LogP contribution is 2.39. The lowest BCUT2D eigenvalue weighted by Crippen LogP contribution is -2.27. The van der Waals surface area contributed by atoms with Gasteiger partial charge in [0.15, 0.2) is 0 Å². The van der Waals surface area contributed by atoms with Crippen LogP contribution in [0, 0.1) is 0 Å². The van der Waals surface area contributed by atoms with Crippen LogP contribution in [0.15, 0.2) is 41.7 Å². The molecule has 2 aliphatic heterocycles. The first-order chi connectivity index (χ1) is 10.8. The van der Waals surface area contributed by atoms with E-state index >= 15 is 0 Å². The van der Waals surface area contributed by atoms with Crippen molar-refractivity contribution in [2.24, 2.45) is 0 Å². The van der Waals surface area contributed by atoms with Crippen molar-refractivity contribution in [1.82, 2.24) is 4.90 Å². The highest BCUT2D eigenvalue weighted by atomic mass is 32.2. The van der Waals surface area contributed by atoms with E-state index in [0.29, 0.717) is 5.92 Å². The van der Waals surface area contributed by atoms with Gasteiger partial charge >= 0.3 is 0 Å². The van der Waals surface area contributed by atoms with Gasteiger partial charge in [0.25, 0.3) is 0 Å². The van der Waals surface area contributed by atoms with E-state index in [1.165, 1.54) is 36.9 Å². The summed E-state index contributed by atoms with van der Waals surface area (Å²) in [6.07, 6.45) is 7.08. The second-order valence-electron chi connectivity index (χ2n) is 6.27. The van der Waals surface area contributed by atoms with E-state index < -0.39 is 0 Å². The van der Waals surface area contributed by atoms with Crippen molar-refractivity contribution >= 4 is 11.8 Å². The summed E-state index contributed by atoms with van der Waals surface area (Å²) in [7, 11) is 2.26. The van der Waals surface area contributed by atoms with Gasteiger partial charge in [0.1, 0.15) is 5.75 Å². The predicted octanol–water partition coefficient (Wildman–Crippen LogP) is 4.58. The zero-order chi connectivity index (χ0) is 15.4. The Bertz CT molecular complexity index is 554. The van der Waals surface area contributed by atoms with Crippen molar-refractivity contribution in [3.05, 3.63) is 52.8 Å². The lowest BCUT2D eigenvalue weighted by atomic mass is 9.91. The summed E-state index contributed by atoms with van der Waals surface area (Å²) in [5, 5.41) is 3.95. The zero-order valence-electron chi connectivity index (χ0n) is 13.3. The molecule has 1 saturated heterocycles. The van der Waals surface area contributed by atoms with Crippen LogP contribution in [0.2, 0.25) is 0 Å². The van der Waals surface area contributed by atoms with E-state index in [-0.39, 0.29) is 0 Å². The van der Waals surface area contributed by atoms with Crippen molar-refractivity contribution in [2.45, 2.75) is 37.6 Å². The Labute approximate surface area is 138 Å². The minimum absolute atomic E-state index is 0.562. The van der Waals surface area contributed by atoms with E-state index in [2.05, 4.69) is 48.2 Å². The molecule has 2 aliphatic rings. The molecule has 3 heteroatoms. The Kier molecular flexibility index (Phi) is 5.27. The molecule has 2 nitrogen and oxygen atoms in total. The Balaban J connectivity index is 1.67. The molecule has 0 aliphatic carbocycles. The van der Waals surface area contributed by atoms with Gasteiger partial charge in [0.05, 0.1) is 6.61 Å². The maximum absolute atomic E-state index is 5.90. The van der Waals surface area contributed by atoms with E-state index in [0.717, 1.165) is 24.8 Å². The number of likely N-dealkylation sites (tertiary alicyclic amines) is 1. The van der Waals surface area contributed by atoms with Gasteiger partial charge in [-0.1, -0.05) is 24.8 Å². The van der Waals surface area contributed by atoms with Gasteiger partial charge in [-0.15, -0.1) is 11.8 Å². The largest absolute Gasteiger partial charge is 0.493 e. The molecule has 0 spiro atoms. The first-order valence-electron chi connectivity index (χ1n) is 8.15. The Morgan fingerprint density at radius 3 is 3.14 bits per heavy atom. The molecule has 0 unspecified atom stereocenters. The third-order valence-corrected chi connectivity index (χ3v) is 5.35. The molecule has 0 N–H and O–H groups in total. The summed E-state index contributed by atoms with van der Waals surface area (Å²) < 4.78 is 5.90. The van der Waals surface area contributed by atoms with Crippen LogP contribution in [0.4, 0.5) is 0 Å². The Hall–Kier alpha value is -1.19. The SMILES string of the molecule is C=CS/C=C\Cc1ccc2c(c1)[C@H](C[C@H]1CCCN1C)CO2. The zero-order valence-corrected chi connectivity index (χ0v) is 14.1. The number of fused-ring (bicyclic) bond motifs is 1. The molecule has 3 rings (SSSR count). The van der Waals surface area contributed by atoms with Crippen molar-refractivity contribution in [2.75, 3.05) is 20.2 Å². The van der Waals surface area contributed by atoms with E-state index in [9.17, 15) is 0 Å². The monoisotopic (exact) mass is 315 g/mol. The fourth-order valence-corrected chi connectivity index (χ4v) is 3.87. The highest BCUT2D eigenvalue weighted by molar-refractivity contribution is 8.04. The molecule has 0 amide bonds. The van der Waals surface area contributed by atoms with Gasteiger partial charge in [0.2, 0.25) is 0 Å². The topological polar surface area (TPSA) is 12.5 Å². The van der Waals surface area contributed by atoms with Gasteiger partial charge in [-0.2, -0.15) is 0 Å². The molecular weight excluding hydrogens is 290 g/mol. The lowest BCUT2D eigenvalue weighted by molar-refractivity contribution is 0.257. The fraction of sp³-hybridized carbons (Fsp3) is 0.474. The third kappa shape index (κ3) is 3.58. The van der Waals surface area contributed by atoms with Crippen molar-refractivity contribution < 1.29 is 4.74 Å². The van der Waals surface area contributed by atoms with Crippen LogP contribution in [-0.2, 0) is 6.42 Å². The predicted molar refractivity (Wildman–Crippen MR) is 95.6 cm³/mol. The quantitative estimate of drug-likeness (QED) is 0.762. The van der Waals surface area contributed by atoms with Crippen LogP contribution >= 0.6 is 11.8 Å². The molecule has 2 atom stereocenters. The van der Waals surface area contributed by atoms with Crippen LogP contribution in [0.3, 0.4) is 0 Å². The van der Waals surface area contributed by atoms with Crippen LogP contribution in [-0.4, -0.2) is 31.1 Å². The molecule has 0 aromatic heterocycles. The van der Waals surface area contributed by atoms with E-state index in [4.69, 9.17) is 4.74 Å². The molecular formula is C19H25NOS. The normalized spacial score (nSPS) is 24.6.